The highest BCUT2D eigenvalue weighted by molar-refractivity contribution is 6.30. The lowest BCUT2D eigenvalue weighted by molar-refractivity contribution is -0.120. The summed E-state index contributed by atoms with van der Waals surface area (Å²) in [7, 11) is 0. The lowest BCUT2D eigenvalue weighted by Crippen LogP contribution is -2.31. The van der Waals surface area contributed by atoms with Crippen LogP contribution in [-0.2, 0) is 16.0 Å². The summed E-state index contributed by atoms with van der Waals surface area (Å²) in [5.74, 6) is 1.49. The molecular weight excluding hydrogens is 304 g/mol. The van der Waals surface area contributed by atoms with Gasteiger partial charge in [-0.15, -0.1) is 0 Å². The van der Waals surface area contributed by atoms with Gasteiger partial charge in [0.1, 0.15) is 6.26 Å². The predicted molar refractivity (Wildman–Crippen MR) is 80.4 cm³/mol. The highest BCUT2D eigenvalue weighted by atomic mass is 35.5. The van der Waals surface area contributed by atoms with E-state index in [1.54, 1.807) is 12.1 Å². The average Bonchev–Trinajstić information content (AvgIpc) is 2.91. The second-order valence-electron chi connectivity index (χ2n) is 5.79. The molecule has 5 nitrogen and oxygen atoms in total. The maximum atomic E-state index is 12.0. The zero-order valence-corrected chi connectivity index (χ0v) is 12.5. The minimum absolute atomic E-state index is 0.0182. The summed E-state index contributed by atoms with van der Waals surface area (Å²) in [6, 6.07) is 7.51. The Bertz CT molecular complexity index is 688. The monoisotopic (exact) mass is 318 g/mol. The van der Waals surface area contributed by atoms with E-state index >= 15 is 0 Å². The Balaban J connectivity index is 1.37. The smallest absolute Gasteiger partial charge is 0.226 e. The first-order valence-electron chi connectivity index (χ1n) is 7.28. The van der Waals surface area contributed by atoms with Crippen molar-refractivity contribution in [1.29, 1.82) is 0 Å². The maximum absolute atomic E-state index is 12.0. The van der Waals surface area contributed by atoms with E-state index in [-0.39, 0.29) is 18.4 Å². The summed E-state index contributed by atoms with van der Waals surface area (Å²) >= 11 is 5.85. The van der Waals surface area contributed by atoms with Crippen molar-refractivity contribution in [3.05, 3.63) is 41.2 Å². The van der Waals surface area contributed by atoms with Crippen molar-refractivity contribution in [1.82, 2.24) is 10.3 Å². The third kappa shape index (κ3) is 2.62. The number of amides is 1. The van der Waals surface area contributed by atoms with Crippen LogP contribution >= 0.6 is 11.6 Å². The van der Waals surface area contributed by atoms with Crippen molar-refractivity contribution < 1.29 is 13.9 Å². The molecule has 1 amide bonds. The summed E-state index contributed by atoms with van der Waals surface area (Å²) in [6.45, 7) is 1.53. The Morgan fingerprint density at radius 3 is 2.73 bits per heavy atom. The van der Waals surface area contributed by atoms with Gasteiger partial charge in [-0.05, 0) is 24.3 Å². The van der Waals surface area contributed by atoms with Crippen LogP contribution in [0.1, 0.15) is 5.69 Å². The van der Waals surface area contributed by atoms with Crippen LogP contribution in [-0.4, -0.2) is 30.1 Å². The van der Waals surface area contributed by atoms with E-state index in [0.29, 0.717) is 28.4 Å². The van der Waals surface area contributed by atoms with Crippen molar-refractivity contribution >= 4 is 17.5 Å². The molecule has 1 saturated carbocycles. The molecular formula is C16H15ClN2O3. The Hall–Kier alpha value is -1.85. The van der Waals surface area contributed by atoms with Gasteiger partial charge in [0.15, 0.2) is 0 Å². The molecule has 2 aromatic rings. The van der Waals surface area contributed by atoms with Crippen LogP contribution in [0, 0.1) is 11.8 Å². The number of benzene rings is 1. The number of carbonyl (C=O) groups excluding carboxylic acids is 1. The topological polar surface area (TPSA) is 64.4 Å². The number of nitrogens with zero attached hydrogens (tertiary/aromatic N) is 1. The molecule has 2 aliphatic rings. The first kappa shape index (κ1) is 13.8. The van der Waals surface area contributed by atoms with Crippen LogP contribution in [0.2, 0.25) is 5.02 Å². The van der Waals surface area contributed by atoms with Crippen LogP contribution in [0.4, 0.5) is 0 Å². The number of rotatable bonds is 4. The molecule has 1 saturated heterocycles. The number of hydrogen-bond acceptors (Lipinski definition) is 4. The van der Waals surface area contributed by atoms with Crippen LogP contribution in [0.3, 0.4) is 0 Å². The number of fused-ring (bicyclic) bond motifs is 1. The van der Waals surface area contributed by atoms with Gasteiger partial charge in [0.25, 0.3) is 0 Å². The van der Waals surface area contributed by atoms with E-state index in [9.17, 15) is 4.79 Å². The first-order chi connectivity index (χ1) is 10.7. The summed E-state index contributed by atoms with van der Waals surface area (Å²) < 4.78 is 10.7. The Morgan fingerprint density at radius 1 is 1.27 bits per heavy atom. The highest BCUT2D eigenvalue weighted by Gasteiger charge is 2.54. The molecule has 3 atom stereocenters. The molecule has 6 heteroatoms. The molecule has 1 aromatic heterocycles. The molecule has 0 radical (unpaired) electrons. The van der Waals surface area contributed by atoms with Gasteiger partial charge >= 0.3 is 0 Å². The van der Waals surface area contributed by atoms with Crippen molar-refractivity contribution in [2.75, 3.05) is 13.2 Å². The van der Waals surface area contributed by atoms with Gasteiger partial charge in [0, 0.05) is 28.5 Å². The van der Waals surface area contributed by atoms with Gasteiger partial charge in [-0.1, -0.05) is 11.6 Å². The molecule has 114 valence electrons. The summed E-state index contributed by atoms with van der Waals surface area (Å²) in [6.07, 6.45) is 1.76. The molecule has 1 N–H and O–H groups in total. The zero-order chi connectivity index (χ0) is 15.1. The summed E-state index contributed by atoms with van der Waals surface area (Å²) in [5, 5.41) is 3.70. The van der Waals surface area contributed by atoms with Crippen molar-refractivity contribution in [2.45, 2.75) is 12.5 Å². The zero-order valence-electron chi connectivity index (χ0n) is 11.8. The van der Waals surface area contributed by atoms with Gasteiger partial charge in [-0.3, -0.25) is 4.79 Å². The van der Waals surface area contributed by atoms with E-state index in [1.165, 1.54) is 6.26 Å². The minimum Gasteiger partial charge on any atom is -0.444 e. The van der Waals surface area contributed by atoms with Gasteiger partial charge in [0.05, 0.1) is 25.3 Å². The van der Waals surface area contributed by atoms with E-state index in [0.717, 1.165) is 18.8 Å². The fraction of sp³-hybridized carbons (Fsp3) is 0.375. The predicted octanol–water partition coefficient (Wildman–Crippen LogP) is 2.30. The number of aromatic nitrogens is 1. The third-order valence-corrected chi connectivity index (χ3v) is 4.52. The number of halogens is 1. The molecule has 0 bridgehead atoms. The summed E-state index contributed by atoms with van der Waals surface area (Å²) in [5.41, 5.74) is 1.47. The molecule has 2 heterocycles. The van der Waals surface area contributed by atoms with E-state index in [4.69, 9.17) is 20.8 Å². The molecule has 22 heavy (non-hydrogen) atoms. The molecule has 1 unspecified atom stereocenters. The van der Waals surface area contributed by atoms with Crippen LogP contribution in [0.5, 0.6) is 0 Å². The van der Waals surface area contributed by atoms with E-state index in [1.807, 2.05) is 12.1 Å². The quantitative estimate of drug-likeness (QED) is 0.939. The minimum atomic E-state index is -0.0182. The number of nitrogens with one attached hydrogen (secondary N) is 1. The average molecular weight is 319 g/mol. The molecule has 1 aromatic carbocycles. The molecule has 2 fully saturated rings. The largest absolute Gasteiger partial charge is 0.444 e. The van der Waals surface area contributed by atoms with Gasteiger partial charge in [-0.25, -0.2) is 4.98 Å². The van der Waals surface area contributed by atoms with Crippen molar-refractivity contribution in [3.63, 3.8) is 0 Å². The molecule has 4 rings (SSSR count). The molecule has 1 aliphatic carbocycles. The van der Waals surface area contributed by atoms with Crippen LogP contribution in [0.25, 0.3) is 11.5 Å². The maximum Gasteiger partial charge on any atom is 0.226 e. The lowest BCUT2D eigenvalue weighted by atomic mass is 10.2. The fourth-order valence-corrected chi connectivity index (χ4v) is 3.09. The van der Waals surface area contributed by atoms with Crippen LogP contribution < -0.4 is 5.32 Å². The van der Waals surface area contributed by atoms with Crippen molar-refractivity contribution in [2.24, 2.45) is 11.8 Å². The van der Waals surface area contributed by atoms with Gasteiger partial charge in [-0.2, -0.15) is 0 Å². The van der Waals surface area contributed by atoms with E-state index in [2.05, 4.69) is 10.3 Å². The number of hydrogen-bond donors (Lipinski definition) is 1. The standard InChI is InChI=1S/C16H15ClN2O3/c17-10-3-1-9(2-4-10)16-18-11(6-22-16)5-14(20)19-15-12-7-21-8-13(12)15/h1-4,6,12-13,15H,5,7-8H2,(H,19,20)/t12-,13+,15?. The Morgan fingerprint density at radius 2 is 2.00 bits per heavy atom. The number of ether oxygens (including phenoxy) is 1. The Labute approximate surface area is 132 Å². The lowest BCUT2D eigenvalue weighted by Gasteiger charge is -2.06. The second kappa shape index (κ2) is 5.41. The third-order valence-electron chi connectivity index (χ3n) is 4.26. The van der Waals surface area contributed by atoms with Gasteiger partial charge < -0.3 is 14.5 Å². The SMILES string of the molecule is O=C(Cc1coc(-c2ccc(Cl)cc2)n1)NC1[C@H]2COC[C@@H]12. The van der Waals surface area contributed by atoms with Gasteiger partial charge in [0.2, 0.25) is 11.8 Å². The molecule has 0 spiro atoms. The number of carbonyl (C=O) groups is 1. The molecule has 1 aliphatic heterocycles. The Kier molecular flexibility index (Phi) is 3.39. The number of oxazole rings is 1. The van der Waals surface area contributed by atoms with Crippen LogP contribution in [0.15, 0.2) is 34.9 Å². The fourth-order valence-electron chi connectivity index (χ4n) is 2.97. The second-order valence-corrected chi connectivity index (χ2v) is 6.22. The van der Waals surface area contributed by atoms with Crippen molar-refractivity contribution in [3.8, 4) is 11.5 Å². The highest BCUT2D eigenvalue weighted by Crippen LogP contribution is 2.44. The normalized spacial score (nSPS) is 25.8. The van der Waals surface area contributed by atoms with E-state index < -0.39 is 0 Å². The first-order valence-corrected chi connectivity index (χ1v) is 7.66. The summed E-state index contributed by atoms with van der Waals surface area (Å²) in [4.78, 5) is 16.4.